The number of halogens is 4. The van der Waals surface area contributed by atoms with Crippen LogP contribution in [-0.2, 0) is 6.18 Å². The molecule has 2 rings (SSSR count). The van der Waals surface area contributed by atoms with Crippen LogP contribution in [0.4, 0.5) is 28.0 Å². The van der Waals surface area contributed by atoms with E-state index in [1.807, 2.05) is 0 Å². The number of alkyl halides is 3. The van der Waals surface area contributed by atoms with E-state index >= 15 is 0 Å². The summed E-state index contributed by atoms with van der Waals surface area (Å²) in [5.74, 6) is -2.09. The number of hydrogen-bond acceptors (Lipinski definition) is 4. The molecule has 0 aliphatic rings. The highest BCUT2D eigenvalue weighted by Crippen LogP contribution is 2.33. The third-order valence-electron chi connectivity index (χ3n) is 2.89. The van der Waals surface area contributed by atoms with Gasteiger partial charge in [0.2, 0.25) is 0 Å². The van der Waals surface area contributed by atoms with Gasteiger partial charge in [0.15, 0.2) is 17.3 Å². The molecule has 2 N–H and O–H groups in total. The van der Waals surface area contributed by atoms with Gasteiger partial charge in [-0.1, -0.05) is 0 Å². The van der Waals surface area contributed by atoms with Crippen molar-refractivity contribution >= 4 is 11.8 Å². The van der Waals surface area contributed by atoms with Crippen molar-refractivity contribution in [2.75, 3.05) is 12.4 Å². The van der Waals surface area contributed by atoms with Crippen molar-refractivity contribution in [2.24, 2.45) is 0 Å². The Morgan fingerprint density at radius 2 is 1.79 bits per heavy atom. The summed E-state index contributed by atoms with van der Waals surface area (Å²) in [7, 11) is 1.19. The van der Waals surface area contributed by atoms with Gasteiger partial charge in [-0.2, -0.15) is 13.2 Å². The minimum atomic E-state index is -4.50. The predicted molar refractivity (Wildman–Crippen MR) is 75.7 cm³/mol. The number of phenolic OH excluding ortho intramolecular Hbond substituents is 1. The molecule has 0 atom stereocenters. The quantitative estimate of drug-likeness (QED) is 0.647. The molecule has 9 heteroatoms. The van der Waals surface area contributed by atoms with Crippen LogP contribution in [0.3, 0.4) is 0 Å². The van der Waals surface area contributed by atoms with Crippen LogP contribution in [0.15, 0.2) is 36.4 Å². The molecule has 0 aliphatic carbocycles. The zero-order valence-electron chi connectivity index (χ0n) is 12.1. The number of rotatable bonds is 3. The van der Waals surface area contributed by atoms with Gasteiger partial charge in [-0.25, -0.2) is 9.18 Å². The van der Waals surface area contributed by atoms with Crippen LogP contribution in [-0.4, -0.2) is 18.3 Å². The Kier molecular flexibility index (Phi) is 4.82. The Hall–Kier alpha value is -2.97. The molecule has 128 valence electrons. The number of phenols is 1. The second-order valence-electron chi connectivity index (χ2n) is 4.55. The second-order valence-corrected chi connectivity index (χ2v) is 4.55. The Balaban J connectivity index is 2.07. The van der Waals surface area contributed by atoms with Crippen LogP contribution in [0, 0.1) is 5.82 Å². The van der Waals surface area contributed by atoms with Crippen molar-refractivity contribution in [2.45, 2.75) is 6.18 Å². The third kappa shape index (κ3) is 4.06. The van der Waals surface area contributed by atoms with E-state index in [2.05, 4.69) is 5.32 Å². The molecule has 0 aliphatic heterocycles. The fraction of sp³-hybridized carbons (Fsp3) is 0.133. The molecule has 2 aromatic rings. The lowest BCUT2D eigenvalue weighted by Gasteiger charge is -2.10. The summed E-state index contributed by atoms with van der Waals surface area (Å²) in [5.41, 5.74) is -0.959. The van der Waals surface area contributed by atoms with E-state index in [1.54, 1.807) is 0 Å². The highest BCUT2D eigenvalue weighted by molar-refractivity contribution is 5.86. The van der Waals surface area contributed by atoms with Crippen LogP contribution in [0.5, 0.6) is 17.2 Å². The molecule has 0 heterocycles. The number of ether oxygens (including phenoxy) is 2. The number of methoxy groups -OCH3 is 1. The lowest BCUT2D eigenvalue weighted by atomic mass is 10.2. The van der Waals surface area contributed by atoms with Crippen molar-refractivity contribution in [3.05, 3.63) is 47.8 Å². The molecule has 0 aromatic heterocycles. The van der Waals surface area contributed by atoms with Gasteiger partial charge >= 0.3 is 12.3 Å². The molecule has 0 saturated heterocycles. The number of nitrogens with one attached hydrogen (secondary N) is 1. The smallest absolute Gasteiger partial charge is 0.417 e. The number of benzene rings is 2. The number of aromatic hydroxyl groups is 1. The molecule has 24 heavy (non-hydrogen) atoms. The largest absolute Gasteiger partial charge is 0.502 e. The third-order valence-corrected chi connectivity index (χ3v) is 2.89. The van der Waals surface area contributed by atoms with Gasteiger partial charge in [0.1, 0.15) is 5.75 Å². The summed E-state index contributed by atoms with van der Waals surface area (Å²) in [6.07, 6.45) is -5.55. The lowest BCUT2D eigenvalue weighted by Crippen LogP contribution is -2.17. The van der Waals surface area contributed by atoms with Crippen molar-refractivity contribution in [1.82, 2.24) is 0 Å². The second kappa shape index (κ2) is 6.65. The fourth-order valence-electron chi connectivity index (χ4n) is 1.76. The molecule has 0 radical (unpaired) electrons. The Morgan fingerprint density at radius 3 is 2.33 bits per heavy atom. The van der Waals surface area contributed by atoms with Crippen molar-refractivity contribution in [3.63, 3.8) is 0 Å². The lowest BCUT2D eigenvalue weighted by molar-refractivity contribution is -0.137. The highest BCUT2D eigenvalue weighted by Gasteiger charge is 2.30. The van der Waals surface area contributed by atoms with E-state index < -0.39 is 29.4 Å². The van der Waals surface area contributed by atoms with Gasteiger partial charge in [-0.3, -0.25) is 5.32 Å². The molecule has 0 bridgehead atoms. The molecule has 2 aromatic carbocycles. The van der Waals surface area contributed by atoms with Gasteiger partial charge in [0, 0.05) is 12.1 Å². The highest BCUT2D eigenvalue weighted by atomic mass is 19.4. The molecular weight excluding hydrogens is 334 g/mol. The maximum absolute atomic E-state index is 13.4. The standard InChI is InChI=1S/C15H11F4NO4/c1-23-12-7-9(6-11(16)13(12)21)20-14(22)24-10-4-2-8(3-5-10)15(17,18)19/h2-7,21H,1H3,(H,20,22). The van der Waals surface area contributed by atoms with E-state index in [0.29, 0.717) is 0 Å². The van der Waals surface area contributed by atoms with Gasteiger partial charge in [0.05, 0.1) is 18.4 Å². The van der Waals surface area contributed by atoms with Gasteiger partial charge < -0.3 is 14.6 Å². The van der Waals surface area contributed by atoms with Gasteiger partial charge in [-0.15, -0.1) is 0 Å². The summed E-state index contributed by atoms with van der Waals surface area (Å²) in [6, 6.07) is 5.43. The number of amides is 1. The number of carbonyl (C=O) groups excluding carboxylic acids is 1. The average molecular weight is 345 g/mol. The maximum atomic E-state index is 13.4. The maximum Gasteiger partial charge on any atom is 0.417 e. The van der Waals surface area contributed by atoms with Crippen molar-refractivity contribution in [1.29, 1.82) is 0 Å². The van der Waals surface area contributed by atoms with Crippen molar-refractivity contribution < 1.29 is 36.9 Å². The molecule has 1 amide bonds. The first-order chi connectivity index (χ1) is 11.2. The summed E-state index contributed by atoms with van der Waals surface area (Å²) in [6.45, 7) is 0. The summed E-state index contributed by atoms with van der Waals surface area (Å²) in [4.78, 5) is 11.7. The minimum Gasteiger partial charge on any atom is -0.502 e. The van der Waals surface area contributed by atoms with E-state index in [4.69, 9.17) is 9.47 Å². The van der Waals surface area contributed by atoms with Crippen LogP contribution < -0.4 is 14.8 Å². The van der Waals surface area contributed by atoms with Crippen molar-refractivity contribution in [3.8, 4) is 17.2 Å². The van der Waals surface area contributed by atoms with E-state index in [9.17, 15) is 27.5 Å². The van der Waals surface area contributed by atoms with Gasteiger partial charge in [0.25, 0.3) is 0 Å². The van der Waals surface area contributed by atoms with E-state index in [1.165, 1.54) is 7.11 Å². The minimum absolute atomic E-state index is 0.0703. The predicted octanol–water partition coefficient (Wildman–Crippen LogP) is 4.17. The SMILES string of the molecule is COc1cc(NC(=O)Oc2ccc(C(F)(F)F)cc2)cc(F)c1O. The molecule has 5 nitrogen and oxygen atoms in total. The summed E-state index contributed by atoms with van der Waals surface area (Å²) >= 11 is 0. The van der Waals surface area contributed by atoms with E-state index in [-0.39, 0.29) is 17.2 Å². The normalized spacial score (nSPS) is 11.0. The molecule has 0 unspecified atom stereocenters. The number of anilines is 1. The fourth-order valence-corrected chi connectivity index (χ4v) is 1.76. The molecular formula is C15H11F4NO4. The molecule has 0 spiro atoms. The Bertz CT molecular complexity index is 744. The summed E-state index contributed by atoms with van der Waals surface area (Å²) in [5, 5.41) is 11.5. The van der Waals surface area contributed by atoms with Crippen LogP contribution >= 0.6 is 0 Å². The number of hydrogen-bond donors (Lipinski definition) is 2. The van der Waals surface area contributed by atoms with Crippen LogP contribution in [0.2, 0.25) is 0 Å². The van der Waals surface area contributed by atoms with Gasteiger partial charge in [-0.05, 0) is 24.3 Å². The molecule has 0 saturated carbocycles. The Morgan fingerprint density at radius 1 is 1.17 bits per heavy atom. The number of carbonyl (C=O) groups is 1. The first-order valence-electron chi connectivity index (χ1n) is 6.43. The monoisotopic (exact) mass is 345 g/mol. The first kappa shape index (κ1) is 17.4. The van der Waals surface area contributed by atoms with Crippen LogP contribution in [0.25, 0.3) is 0 Å². The zero-order valence-corrected chi connectivity index (χ0v) is 12.1. The first-order valence-corrected chi connectivity index (χ1v) is 6.43. The Labute approximate surface area is 133 Å². The summed E-state index contributed by atoms with van der Waals surface area (Å²) < 4.78 is 60.2. The van der Waals surface area contributed by atoms with Crippen LogP contribution in [0.1, 0.15) is 5.56 Å². The molecule has 0 fully saturated rings. The van der Waals surface area contributed by atoms with E-state index in [0.717, 1.165) is 36.4 Å². The zero-order chi connectivity index (χ0) is 17.9. The topological polar surface area (TPSA) is 67.8 Å². The average Bonchev–Trinajstić information content (AvgIpc) is 2.50.